The van der Waals surface area contributed by atoms with Crippen LogP contribution in [0.15, 0.2) is 39.1 Å². The molecule has 12 heteroatoms. The second-order valence-corrected chi connectivity index (χ2v) is 7.55. The number of hydrogen-bond acceptors (Lipinski definition) is 11. The maximum absolute atomic E-state index is 13.1. The lowest BCUT2D eigenvalue weighted by Crippen LogP contribution is -2.38. The lowest BCUT2D eigenvalue weighted by Gasteiger charge is -2.31. The molecule has 1 aromatic carbocycles. The van der Waals surface area contributed by atoms with Gasteiger partial charge >= 0.3 is 11.9 Å². The van der Waals surface area contributed by atoms with Crippen LogP contribution in [-0.2, 0) is 19.1 Å². The number of nitrogens with two attached hydrogens (primary N) is 1. The molecule has 0 radical (unpaired) electrons. The van der Waals surface area contributed by atoms with E-state index in [0.29, 0.717) is 16.6 Å². The first-order chi connectivity index (χ1) is 15.4. The minimum atomic E-state index is -1.22. The van der Waals surface area contributed by atoms with Gasteiger partial charge in [-0.3, -0.25) is 10.2 Å². The number of thioether (sulfide) groups is 1. The van der Waals surface area contributed by atoms with Crippen molar-refractivity contribution in [2.24, 2.45) is 16.6 Å². The first kappa shape index (κ1) is 23.0. The molecule has 0 spiro atoms. The number of aliphatic imine (C=N–C) groups is 1. The van der Waals surface area contributed by atoms with Crippen LogP contribution in [0, 0.1) is 22.7 Å². The zero-order valence-electron chi connectivity index (χ0n) is 17.3. The number of ether oxygens (including phenoxy) is 2. The van der Waals surface area contributed by atoms with Gasteiger partial charge in [-0.05, 0) is 35.8 Å². The molecule has 1 aliphatic rings. The number of fused-ring (bicyclic) bond motifs is 1. The van der Waals surface area contributed by atoms with Crippen molar-refractivity contribution < 1.29 is 23.7 Å². The topological polar surface area (TPSA) is 178 Å². The maximum atomic E-state index is 13.1. The Kier molecular flexibility index (Phi) is 7.21. The van der Waals surface area contributed by atoms with Gasteiger partial charge in [-0.25, -0.2) is 14.4 Å². The molecule has 0 saturated heterocycles. The summed E-state index contributed by atoms with van der Waals surface area (Å²) in [6.07, 6.45) is 0. The van der Waals surface area contributed by atoms with Gasteiger partial charge in [-0.15, -0.1) is 0 Å². The molecule has 0 amide bonds. The molecule has 0 saturated carbocycles. The summed E-state index contributed by atoms with van der Waals surface area (Å²) in [6, 6.07) is 6.96. The summed E-state index contributed by atoms with van der Waals surface area (Å²) < 4.78 is 15.3. The predicted octanol–water partition coefficient (Wildman–Crippen LogP) is 1.91. The highest BCUT2D eigenvalue weighted by Crippen LogP contribution is 2.42. The van der Waals surface area contributed by atoms with Gasteiger partial charge in [0.15, 0.2) is 5.17 Å². The summed E-state index contributed by atoms with van der Waals surface area (Å²) in [5, 5.41) is 24.9. The van der Waals surface area contributed by atoms with Crippen LogP contribution in [0.1, 0.15) is 25.3 Å². The summed E-state index contributed by atoms with van der Waals surface area (Å²) in [7, 11) is 0. The Bertz CT molecular complexity index is 1160. The minimum Gasteiger partial charge on any atom is -0.465 e. The lowest BCUT2D eigenvalue weighted by molar-refractivity contribution is -0.146. The Morgan fingerprint density at radius 1 is 1.28 bits per heavy atom. The number of carbonyl (C=O) groups excluding carboxylic acids is 2. The molecule has 11 nitrogen and oxygen atoms in total. The number of amidine groups is 1. The molecular formula is C20H20N6O5S. The summed E-state index contributed by atoms with van der Waals surface area (Å²) in [4.78, 5) is 30.4. The first-order valence-electron chi connectivity index (χ1n) is 9.66. The number of hydrogen-bond donors (Lipinski definition) is 2. The average molecular weight is 456 g/mol. The van der Waals surface area contributed by atoms with Crippen LogP contribution >= 0.6 is 11.8 Å². The van der Waals surface area contributed by atoms with E-state index in [0.717, 1.165) is 11.8 Å². The van der Waals surface area contributed by atoms with Crippen molar-refractivity contribution in [1.29, 1.82) is 10.7 Å². The molecular weight excluding hydrogens is 436 g/mol. The Hall–Kier alpha value is -3.72. The molecule has 0 aliphatic carbocycles. The average Bonchev–Trinajstić information content (AvgIpc) is 3.25. The van der Waals surface area contributed by atoms with Crippen molar-refractivity contribution in [3.05, 3.63) is 35.0 Å². The standard InChI is InChI=1S/C20H20N6O5S/c1-3-29-18(27)15-12(8-21)24-13(9-32-20(22)23)16(19(28)30-4-2)14(15)10-6-5-7-11-17(10)26-31-25-11/h5-7,14-15H,3-4,9H2,1-2H3,(H3,22,23). The third kappa shape index (κ3) is 4.47. The van der Waals surface area contributed by atoms with Gasteiger partial charge < -0.3 is 15.2 Å². The van der Waals surface area contributed by atoms with Crippen LogP contribution < -0.4 is 5.73 Å². The molecule has 166 valence electrons. The third-order valence-corrected chi connectivity index (χ3v) is 5.40. The van der Waals surface area contributed by atoms with E-state index in [-0.39, 0.29) is 41.1 Å². The van der Waals surface area contributed by atoms with E-state index >= 15 is 0 Å². The molecule has 0 bridgehead atoms. The van der Waals surface area contributed by atoms with Gasteiger partial charge in [0, 0.05) is 11.7 Å². The predicted molar refractivity (Wildman–Crippen MR) is 116 cm³/mol. The largest absolute Gasteiger partial charge is 0.465 e. The van der Waals surface area contributed by atoms with Crippen molar-refractivity contribution in [3.8, 4) is 6.07 Å². The van der Waals surface area contributed by atoms with Gasteiger partial charge in [0.25, 0.3) is 0 Å². The second-order valence-electron chi connectivity index (χ2n) is 6.53. The highest BCUT2D eigenvalue weighted by molar-refractivity contribution is 8.13. The third-order valence-electron chi connectivity index (χ3n) is 4.67. The summed E-state index contributed by atoms with van der Waals surface area (Å²) >= 11 is 0.928. The molecule has 2 heterocycles. The van der Waals surface area contributed by atoms with Crippen molar-refractivity contribution in [2.75, 3.05) is 19.0 Å². The van der Waals surface area contributed by atoms with E-state index in [9.17, 15) is 14.9 Å². The van der Waals surface area contributed by atoms with Crippen molar-refractivity contribution in [3.63, 3.8) is 0 Å². The van der Waals surface area contributed by atoms with Crippen LogP contribution in [0.2, 0.25) is 0 Å². The van der Waals surface area contributed by atoms with E-state index in [1.54, 1.807) is 32.0 Å². The SMILES string of the molecule is CCOC(=O)C1=C(CSC(=N)N)N=C(C#N)C(C(=O)OCC)C1c1cccc2nonc12. The Labute approximate surface area is 187 Å². The quantitative estimate of drug-likeness (QED) is 0.355. The molecule has 2 unspecified atom stereocenters. The molecule has 3 rings (SSSR count). The monoisotopic (exact) mass is 456 g/mol. The van der Waals surface area contributed by atoms with E-state index in [1.165, 1.54) is 0 Å². The van der Waals surface area contributed by atoms with Gasteiger partial charge in [0.05, 0.1) is 24.5 Å². The van der Waals surface area contributed by atoms with E-state index < -0.39 is 23.8 Å². The Balaban J connectivity index is 2.31. The Morgan fingerprint density at radius 2 is 2.03 bits per heavy atom. The molecule has 2 aromatic rings. The highest BCUT2D eigenvalue weighted by Gasteiger charge is 2.45. The molecule has 1 aromatic heterocycles. The van der Waals surface area contributed by atoms with Gasteiger partial charge in [0.1, 0.15) is 28.7 Å². The second kappa shape index (κ2) is 10.1. The van der Waals surface area contributed by atoms with Crippen LogP contribution in [0.5, 0.6) is 0 Å². The smallest absolute Gasteiger partial charge is 0.336 e. The van der Waals surface area contributed by atoms with Gasteiger partial charge in [-0.1, -0.05) is 23.9 Å². The Morgan fingerprint density at radius 3 is 2.69 bits per heavy atom. The fourth-order valence-electron chi connectivity index (χ4n) is 3.48. The molecule has 3 N–H and O–H groups in total. The number of esters is 2. The zero-order valence-corrected chi connectivity index (χ0v) is 18.1. The first-order valence-corrected chi connectivity index (χ1v) is 10.6. The molecule has 0 fully saturated rings. The fourth-order valence-corrected chi connectivity index (χ4v) is 3.99. The normalized spacial score (nSPS) is 18.1. The van der Waals surface area contributed by atoms with E-state index in [2.05, 4.69) is 15.3 Å². The number of nitrogens with zero attached hydrogens (tertiary/aromatic N) is 4. The highest BCUT2D eigenvalue weighted by atomic mass is 32.2. The molecule has 32 heavy (non-hydrogen) atoms. The maximum Gasteiger partial charge on any atom is 0.336 e. The summed E-state index contributed by atoms with van der Waals surface area (Å²) in [5.74, 6) is -3.62. The lowest BCUT2D eigenvalue weighted by atomic mass is 9.75. The van der Waals surface area contributed by atoms with E-state index in [4.69, 9.17) is 25.2 Å². The van der Waals surface area contributed by atoms with Crippen molar-refractivity contribution >= 4 is 45.6 Å². The minimum absolute atomic E-state index is 0.0216. The number of rotatable bonds is 7. The fraction of sp³-hybridized carbons (Fsp3) is 0.350. The van der Waals surface area contributed by atoms with Gasteiger partial charge in [-0.2, -0.15) is 5.26 Å². The van der Waals surface area contributed by atoms with Crippen LogP contribution in [0.25, 0.3) is 11.0 Å². The number of nitrogens with one attached hydrogen (secondary N) is 1. The van der Waals surface area contributed by atoms with Gasteiger partial charge in [0.2, 0.25) is 0 Å². The zero-order chi connectivity index (χ0) is 23.3. The number of aromatic nitrogens is 2. The number of nitriles is 1. The number of benzene rings is 1. The van der Waals surface area contributed by atoms with Crippen LogP contribution in [0.4, 0.5) is 0 Å². The van der Waals surface area contributed by atoms with Crippen molar-refractivity contribution in [1.82, 2.24) is 10.3 Å². The molecule has 2 atom stereocenters. The van der Waals surface area contributed by atoms with Crippen molar-refractivity contribution in [2.45, 2.75) is 19.8 Å². The van der Waals surface area contributed by atoms with Crippen LogP contribution in [0.3, 0.4) is 0 Å². The molecule has 1 aliphatic heterocycles. The van der Waals surface area contributed by atoms with E-state index in [1.807, 2.05) is 6.07 Å². The summed E-state index contributed by atoms with van der Waals surface area (Å²) in [6.45, 7) is 3.44. The number of carbonyl (C=O) groups is 2. The van der Waals surface area contributed by atoms with Crippen LogP contribution in [-0.4, -0.2) is 52.1 Å². The summed E-state index contributed by atoms with van der Waals surface area (Å²) in [5.41, 5.74) is 6.75.